The molecule has 1 unspecified atom stereocenters. The maximum Gasteiger partial charge on any atom is 0.144 e. The third kappa shape index (κ3) is 2.45. The summed E-state index contributed by atoms with van der Waals surface area (Å²) in [7, 11) is 0. The van der Waals surface area contributed by atoms with Crippen LogP contribution in [-0.4, -0.2) is 5.78 Å². The van der Waals surface area contributed by atoms with Crippen LogP contribution in [0.1, 0.15) is 45.9 Å². The summed E-state index contributed by atoms with van der Waals surface area (Å²) in [5.41, 5.74) is 5.00. The first kappa shape index (κ1) is 13.6. The average molecular weight is 284 g/mol. The van der Waals surface area contributed by atoms with E-state index in [4.69, 9.17) is 0 Å². The summed E-state index contributed by atoms with van der Waals surface area (Å²) in [6.45, 7) is 4.21. The highest BCUT2D eigenvalue weighted by atomic mass is 32.1. The summed E-state index contributed by atoms with van der Waals surface area (Å²) in [5.74, 6) is 0.519. The summed E-state index contributed by atoms with van der Waals surface area (Å²) in [5, 5.41) is 2.13. The molecule has 0 amide bonds. The molecule has 0 radical (unpaired) electrons. The van der Waals surface area contributed by atoms with Gasteiger partial charge in [-0.25, -0.2) is 0 Å². The van der Waals surface area contributed by atoms with E-state index in [0.717, 1.165) is 19.3 Å². The number of hydrogen-bond donors (Lipinski definition) is 0. The minimum Gasteiger partial charge on any atom is -0.299 e. The first-order valence-electron chi connectivity index (χ1n) is 7.31. The average Bonchev–Trinajstić information content (AvgIpc) is 2.91. The number of carbonyl (C=O) groups excluding carboxylic acids is 1. The molecule has 1 heterocycles. The molecule has 1 aromatic carbocycles. The van der Waals surface area contributed by atoms with Crippen molar-refractivity contribution in [3.8, 4) is 0 Å². The van der Waals surface area contributed by atoms with Gasteiger partial charge >= 0.3 is 0 Å². The Morgan fingerprint density at radius 3 is 2.75 bits per heavy atom. The fourth-order valence-corrected chi connectivity index (χ4v) is 4.23. The predicted molar refractivity (Wildman–Crippen MR) is 84.6 cm³/mol. The van der Waals surface area contributed by atoms with Crippen LogP contribution in [0.25, 0.3) is 0 Å². The molecule has 1 nitrogen and oxygen atoms in total. The molecule has 0 N–H and O–H groups in total. The standard InChI is InChI=1S/C18H20OS/c1-12-5-3-6-13(2)16(12)11-17(19)14-7-4-8-18-15(14)9-10-20-18/h3,5-6,9-10,14H,4,7-8,11H2,1-2H3. The van der Waals surface area contributed by atoms with Crippen LogP contribution in [0, 0.1) is 13.8 Å². The second-order valence-corrected chi connectivity index (χ2v) is 6.76. The first-order valence-corrected chi connectivity index (χ1v) is 8.19. The largest absolute Gasteiger partial charge is 0.299 e. The quantitative estimate of drug-likeness (QED) is 0.805. The third-order valence-electron chi connectivity index (χ3n) is 4.44. The third-order valence-corrected chi connectivity index (χ3v) is 5.43. The topological polar surface area (TPSA) is 17.1 Å². The summed E-state index contributed by atoms with van der Waals surface area (Å²) >= 11 is 1.81. The summed E-state index contributed by atoms with van der Waals surface area (Å²) < 4.78 is 0. The van der Waals surface area contributed by atoms with E-state index in [9.17, 15) is 4.79 Å². The zero-order valence-corrected chi connectivity index (χ0v) is 12.9. The molecule has 0 fully saturated rings. The highest BCUT2D eigenvalue weighted by Gasteiger charge is 2.27. The Morgan fingerprint density at radius 2 is 2.00 bits per heavy atom. The van der Waals surface area contributed by atoms with E-state index in [1.54, 1.807) is 11.3 Å². The van der Waals surface area contributed by atoms with Crippen molar-refractivity contribution in [2.24, 2.45) is 0 Å². The van der Waals surface area contributed by atoms with Gasteiger partial charge in [-0.3, -0.25) is 4.79 Å². The molecule has 20 heavy (non-hydrogen) atoms. The fraction of sp³-hybridized carbons (Fsp3) is 0.389. The molecule has 0 aliphatic heterocycles. The van der Waals surface area contributed by atoms with Crippen LogP contribution in [-0.2, 0) is 17.6 Å². The number of carbonyl (C=O) groups is 1. The van der Waals surface area contributed by atoms with Gasteiger partial charge in [-0.15, -0.1) is 11.3 Å². The van der Waals surface area contributed by atoms with Crippen LogP contribution in [0.4, 0.5) is 0 Å². The summed E-state index contributed by atoms with van der Waals surface area (Å²) in [6, 6.07) is 8.43. The normalized spacial score (nSPS) is 17.8. The lowest BCUT2D eigenvalue weighted by Crippen LogP contribution is -2.19. The predicted octanol–water partition coefficient (Wildman–Crippen LogP) is 4.60. The number of rotatable bonds is 3. The van der Waals surface area contributed by atoms with Crippen molar-refractivity contribution in [1.82, 2.24) is 0 Å². The Morgan fingerprint density at radius 1 is 1.25 bits per heavy atom. The lowest BCUT2D eigenvalue weighted by molar-refractivity contribution is -0.120. The molecule has 1 aliphatic rings. The molecule has 1 atom stereocenters. The fourth-order valence-electron chi connectivity index (χ4n) is 3.25. The number of hydrogen-bond acceptors (Lipinski definition) is 2. The highest BCUT2D eigenvalue weighted by Crippen LogP contribution is 2.36. The lowest BCUT2D eigenvalue weighted by Gasteiger charge is -2.22. The Kier molecular flexibility index (Phi) is 3.75. The van der Waals surface area contributed by atoms with Crippen LogP contribution in [0.3, 0.4) is 0 Å². The number of ketones is 1. The summed E-state index contributed by atoms with van der Waals surface area (Å²) in [6.07, 6.45) is 3.91. The monoisotopic (exact) mass is 284 g/mol. The van der Waals surface area contributed by atoms with Crippen molar-refractivity contribution in [2.75, 3.05) is 0 Å². The molecule has 0 spiro atoms. The zero-order valence-electron chi connectivity index (χ0n) is 12.1. The molecule has 104 valence electrons. The number of Topliss-reactive ketones (excluding diaryl/α,β-unsaturated/α-hetero) is 1. The van der Waals surface area contributed by atoms with E-state index >= 15 is 0 Å². The smallest absolute Gasteiger partial charge is 0.144 e. The molecule has 0 saturated carbocycles. The van der Waals surface area contributed by atoms with Crippen molar-refractivity contribution in [3.63, 3.8) is 0 Å². The maximum atomic E-state index is 12.7. The molecular weight excluding hydrogens is 264 g/mol. The molecule has 1 aliphatic carbocycles. The van der Waals surface area contributed by atoms with E-state index in [1.165, 1.54) is 27.1 Å². The number of benzene rings is 1. The van der Waals surface area contributed by atoms with Gasteiger partial charge in [0.2, 0.25) is 0 Å². The van der Waals surface area contributed by atoms with Crippen LogP contribution >= 0.6 is 11.3 Å². The van der Waals surface area contributed by atoms with Gasteiger partial charge in [0.05, 0.1) is 0 Å². The summed E-state index contributed by atoms with van der Waals surface area (Å²) in [4.78, 5) is 14.2. The number of fused-ring (bicyclic) bond motifs is 1. The molecule has 2 aromatic rings. The van der Waals surface area contributed by atoms with E-state index in [0.29, 0.717) is 12.2 Å². The number of thiophene rings is 1. The van der Waals surface area contributed by atoms with E-state index in [1.807, 2.05) is 0 Å². The Balaban J connectivity index is 1.85. The van der Waals surface area contributed by atoms with E-state index in [2.05, 4.69) is 43.5 Å². The first-order chi connectivity index (χ1) is 9.66. The highest BCUT2D eigenvalue weighted by molar-refractivity contribution is 7.10. The molecule has 1 aromatic heterocycles. The number of aryl methyl sites for hydroxylation is 3. The van der Waals surface area contributed by atoms with Crippen molar-refractivity contribution in [1.29, 1.82) is 0 Å². The minimum absolute atomic E-state index is 0.129. The van der Waals surface area contributed by atoms with Crippen molar-refractivity contribution < 1.29 is 4.79 Å². The van der Waals surface area contributed by atoms with Crippen molar-refractivity contribution >= 4 is 17.1 Å². The van der Waals surface area contributed by atoms with Crippen LogP contribution in [0.5, 0.6) is 0 Å². The zero-order chi connectivity index (χ0) is 14.1. The van der Waals surface area contributed by atoms with Gasteiger partial charge in [-0.1, -0.05) is 18.2 Å². The second kappa shape index (κ2) is 5.53. The molecule has 3 rings (SSSR count). The van der Waals surface area contributed by atoms with E-state index < -0.39 is 0 Å². The van der Waals surface area contributed by atoms with Gasteiger partial charge in [0.25, 0.3) is 0 Å². The van der Waals surface area contributed by atoms with Crippen molar-refractivity contribution in [2.45, 2.75) is 45.4 Å². The maximum absolute atomic E-state index is 12.7. The lowest BCUT2D eigenvalue weighted by atomic mass is 9.82. The Hall–Kier alpha value is -1.41. The molecule has 0 saturated heterocycles. The molecule has 2 heteroatoms. The van der Waals surface area contributed by atoms with Crippen LogP contribution in [0.2, 0.25) is 0 Å². The van der Waals surface area contributed by atoms with E-state index in [-0.39, 0.29) is 5.92 Å². The van der Waals surface area contributed by atoms with Gasteiger partial charge in [-0.05, 0) is 66.8 Å². The van der Waals surface area contributed by atoms with Gasteiger partial charge in [0, 0.05) is 17.2 Å². The molecular formula is C18H20OS. The van der Waals surface area contributed by atoms with Gasteiger partial charge in [-0.2, -0.15) is 0 Å². The van der Waals surface area contributed by atoms with Crippen molar-refractivity contribution in [3.05, 3.63) is 56.8 Å². The van der Waals surface area contributed by atoms with Gasteiger partial charge < -0.3 is 0 Å². The SMILES string of the molecule is Cc1cccc(C)c1CC(=O)C1CCCc2sccc21. The Labute approximate surface area is 124 Å². The second-order valence-electron chi connectivity index (χ2n) is 5.76. The van der Waals surface area contributed by atoms with Crippen LogP contribution < -0.4 is 0 Å². The van der Waals surface area contributed by atoms with Gasteiger partial charge in [0.1, 0.15) is 5.78 Å². The Bertz CT molecular complexity index is 618. The van der Waals surface area contributed by atoms with Gasteiger partial charge in [0.15, 0.2) is 0 Å². The van der Waals surface area contributed by atoms with Crippen LogP contribution in [0.15, 0.2) is 29.6 Å². The minimum atomic E-state index is 0.129. The molecule has 0 bridgehead atoms.